The molecular formula is C17H23N3O. The highest BCUT2D eigenvalue weighted by molar-refractivity contribution is 5.92. The van der Waals surface area contributed by atoms with Gasteiger partial charge in [0.1, 0.15) is 5.82 Å². The maximum absolute atomic E-state index is 9.48. The summed E-state index contributed by atoms with van der Waals surface area (Å²) in [7, 11) is 2.17. The predicted octanol–water partition coefficient (Wildman–Crippen LogP) is 2.26. The Morgan fingerprint density at radius 3 is 2.71 bits per heavy atom. The van der Waals surface area contributed by atoms with Gasteiger partial charge in [0.2, 0.25) is 0 Å². The summed E-state index contributed by atoms with van der Waals surface area (Å²) in [5.74, 6) is 0.998. The number of anilines is 1. The zero-order chi connectivity index (χ0) is 15.0. The van der Waals surface area contributed by atoms with Crippen molar-refractivity contribution in [3.8, 4) is 0 Å². The number of hydrogen-bond acceptors (Lipinski definition) is 4. The monoisotopic (exact) mass is 285 g/mol. The fraction of sp³-hybridized carbons (Fsp3) is 0.471. The van der Waals surface area contributed by atoms with E-state index >= 15 is 0 Å². The third-order valence-corrected chi connectivity index (χ3v) is 4.55. The molecule has 0 aliphatic carbocycles. The number of piperazine rings is 1. The van der Waals surface area contributed by atoms with E-state index in [-0.39, 0.29) is 12.1 Å². The van der Waals surface area contributed by atoms with Crippen LogP contribution in [-0.4, -0.2) is 47.2 Å². The van der Waals surface area contributed by atoms with Gasteiger partial charge >= 0.3 is 0 Å². The van der Waals surface area contributed by atoms with Gasteiger partial charge in [0.05, 0.1) is 12.3 Å². The highest BCUT2D eigenvalue weighted by Gasteiger charge is 2.32. The summed E-state index contributed by atoms with van der Waals surface area (Å²) in [6.07, 6.45) is 0. The SMILES string of the molecule is CN1CCN(c2nc(CO)cc3ccccc23)CC1(C)C. The van der Waals surface area contributed by atoms with E-state index in [2.05, 4.69) is 42.8 Å². The lowest BCUT2D eigenvalue weighted by Crippen LogP contribution is -2.58. The minimum absolute atomic E-state index is 0.0189. The highest BCUT2D eigenvalue weighted by atomic mass is 16.3. The van der Waals surface area contributed by atoms with E-state index < -0.39 is 0 Å². The molecule has 2 aromatic rings. The van der Waals surface area contributed by atoms with Gasteiger partial charge in [0.25, 0.3) is 0 Å². The van der Waals surface area contributed by atoms with Gasteiger partial charge in [-0.1, -0.05) is 24.3 Å². The quantitative estimate of drug-likeness (QED) is 0.919. The van der Waals surface area contributed by atoms with Crippen molar-refractivity contribution in [2.75, 3.05) is 31.6 Å². The Hall–Kier alpha value is -1.65. The van der Waals surface area contributed by atoms with Crippen molar-refractivity contribution in [1.82, 2.24) is 9.88 Å². The Kier molecular flexibility index (Phi) is 3.59. The lowest BCUT2D eigenvalue weighted by Gasteiger charge is -2.46. The largest absolute Gasteiger partial charge is 0.390 e. The molecular weight excluding hydrogens is 262 g/mol. The van der Waals surface area contributed by atoms with Crippen LogP contribution in [0.5, 0.6) is 0 Å². The van der Waals surface area contributed by atoms with Gasteiger partial charge in [-0.05, 0) is 32.3 Å². The molecule has 1 aromatic carbocycles. The Bertz CT molecular complexity index is 654. The minimum atomic E-state index is -0.0189. The van der Waals surface area contributed by atoms with Crippen molar-refractivity contribution in [2.24, 2.45) is 0 Å². The molecule has 0 saturated carbocycles. The lowest BCUT2D eigenvalue weighted by atomic mass is 9.99. The zero-order valence-corrected chi connectivity index (χ0v) is 13.0. The first-order chi connectivity index (χ1) is 10.0. The molecule has 3 rings (SSSR count). The smallest absolute Gasteiger partial charge is 0.136 e. The summed E-state index contributed by atoms with van der Waals surface area (Å²) in [4.78, 5) is 9.43. The Balaban J connectivity index is 2.07. The van der Waals surface area contributed by atoms with Gasteiger partial charge < -0.3 is 10.0 Å². The number of rotatable bonds is 2. The van der Waals surface area contributed by atoms with E-state index in [0.29, 0.717) is 0 Å². The zero-order valence-electron chi connectivity index (χ0n) is 13.0. The van der Waals surface area contributed by atoms with Gasteiger partial charge in [0.15, 0.2) is 0 Å². The molecule has 21 heavy (non-hydrogen) atoms. The molecule has 1 aliphatic heterocycles. The maximum atomic E-state index is 9.48. The lowest BCUT2D eigenvalue weighted by molar-refractivity contribution is 0.138. The Labute approximate surface area is 126 Å². The molecule has 0 spiro atoms. The first-order valence-corrected chi connectivity index (χ1v) is 7.47. The van der Waals surface area contributed by atoms with Gasteiger partial charge in [0, 0.05) is 30.6 Å². The molecule has 0 unspecified atom stereocenters. The summed E-state index contributed by atoms with van der Waals surface area (Å²) in [6, 6.07) is 10.2. The molecule has 1 saturated heterocycles. The molecule has 1 aliphatic rings. The summed E-state index contributed by atoms with van der Waals surface area (Å²) in [6.45, 7) is 7.43. The minimum Gasteiger partial charge on any atom is -0.390 e. The number of fused-ring (bicyclic) bond motifs is 1. The van der Waals surface area contributed by atoms with E-state index in [9.17, 15) is 5.11 Å². The molecule has 0 bridgehead atoms. The van der Waals surface area contributed by atoms with E-state index in [0.717, 1.165) is 41.9 Å². The Morgan fingerprint density at radius 2 is 2.00 bits per heavy atom. The molecule has 1 aromatic heterocycles. The standard InChI is InChI=1S/C17H23N3O/c1-17(2)12-20(9-8-19(17)3)16-15-7-5-4-6-13(15)10-14(11-21)18-16/h4-7,10,21H,8-9,11-12H2,1-3H3. The van der Waals surface area contributed by atoms with E-state index in [4.69, 9.17) is 4.98 Å². The van der Waals surface area contributed by atoms with Crippen LogP contribution in [0.2, 0.25) is 0 Å². The number of aliphatic hydroxyl groups excluding tert-OH is 1. The maximum Gasteiger partial charge on any atom is 0.136 e. The van der Waals surface area contributed by atoms with Gasteiger partial charge in [-0.15, -0.1) is 0 Å². The fourth-order valence-corrected chi connectivity index (χ4v) is 2.98. The predicted molar refractivity (Wildman–Crippen MR) is 86.6 cm³/mol. The molecule has 112 valence electrons. The fourth-order valence-electron chi connectivity index (χ4n) is 2.98. The second-order valence-corrected chi connectivity index (χ2v) is 6.47. The van der Waals surface area contributed by atoms with Crippen molar-refractivity contribution in [2.45, 2.75) is 26.0 Å². The van der Waals surface area contributed by atoms with Crippen molar-refractivity contribution < 1.29 is 5.11 Å². The number of aromatic nitrogens is 1. The Morgan fingerprint density at radius 1 is 1.24 bits per heavy atom. The van der Waals surface area contributed by atoms with Crippen molar-refractivity contribution >= 4 is 16.6 Å². The van der Waals surface area contributed by atoms with Gasteiger partial charge in [-0.2, -0.15) is 0 Å². The van der Waals surface area contributed by atoms with Crippen LogP contribution in [0.1, 0.15) is 19.5 Å². The first-order valence-electron chi connectivity index (χ1n) is 7.47. The average Bonchev–Trinajstić information content (AvgIpc) is 2.48. The summed E-state index contributed by atoms with van der Waals surface area (Å²) in [5.41, 5.74) is 0.858. The number of aliphatic hydroxyl groups is 1. The van der Waals surface area contributed by atoms with Crippen LogP contribution >= 0.6 is 0 Å². The average molecular weight is 285 g/mol. The third-order valence-electron chi connectivity index (χ3n) is 4.55. The van der Waals surface area contributed by atoms with Crippen LogP contribution < -0.4 is 4.90 Å². The van der Waals surface area contributed by atoms with Crippen molar-refractivity contribution in [3.63, 3.8) is 0 Å². The van der Waals surface area contributed by atoms with Crippen molar-refractivity contribution in [1.29, 1.82) is 0 Å². The second kappa shape index (κ2) is 5.28. The van der Waals surface area contributed by atoms with Crippen molar-refractivity contribution in [3.05, 3.63) is 36.0 Å². The normalized spacial score (nSPS) is 19.1. The van der Waals surface area contributed by atoms with E-state index in [1.165, 1.54) is 0 Å². The molecule has 1 fully saturated rings. The van der Waals surface area contributed by atoms with Crippen LogP contribution in [0.3, 0.4) is 0 Å². The number of pyridine rings is 1. The van der Waals surface area contributed by atoms with Gasteiger partial charge in [-0.25, -0.2) is 4.98 Å². The molecule has 0 radical (unpaired) electrons. The molecule has 0 amide bonds. The number of hydrogen-bond donors (Lipinski definition) is 1. The van der Waals surface area contributed by atoms with E-state index in [1.807, 2.05) is 18.2 Å². The third kappa shape index (κ3) is 2.61. The van der Waals surface area contributed by atoms with Crippen LogP contribution in [0.15, 0.2) is 30.3 Å². The summed E-state index contributed by atoms with van der Waals surface area (Å²) < 4.78 is 0. The van der Waals surface area contributed by atoms with E-state index in [1.54, 1.807) is 0 Å². The van der Waals surface area contributed by atoms with Gasteiger partial charge in [-0.3, -0.25) is 4.90 Å². The molecule has 4 heteroatoms. The number of likely N-dealkylation sites (N-methyl/N-ethyl adjacent to an activating group) is 1. The molecule has 2 heterocycles. The molecule has 1 N–H and O–H groups in total. The van der Waals surface area contributed by atoms with Crippen LogP contribution in [0, 0.1) is 0 Å². The number of benzene rings is 1. The second-order valence-electron chi connectivity index (χ2n) is 6.47. The van der Waals surface area contributed by atoms with Crippen LogP contribution in [-0.2, 0) is 6.61 Å². The summed E-state index contributed by atoms with van der Waals surface area (Å²) >= 11 is 0. The molecule has 0 atom stereocenters. The first kappa shape index (κ1) is 14.3. The van der Waals surface area contributed by atoms with Crippen LogP contribution in [0.4, 0.5) is 5.82 Å². The molecule has 4 nitrogen and oxygen atoms in total. The van der Waals surface area contributed by atoms with Crippen LogP contribution in [0.25, 0.3) is 10.8 Å². The summed E-state index contributed by atoms with van der Waals surface area (Å²) in [5, 5.41) is 11.8. The number of nitrogens with zero attached hydrogens (tertiary/aromatic N) is 3. The highest BCUT2D eigenvalue weighted by Crippen LogP contribution is 2.29. The topological polar surface area (TPSA) is 39.6 Å².